The number of fused-ring (bicyclic) bond motifs is 5. The van der Waals surface area contributed by atoms with Crippen LogP contribution in [0.5, 0.6) is 0 Å². The number of nitrogens with zero attached hydrogens (tertiary/aromatic N) is 1. The minimum absolute atomic E-state index is 0.0283. The fourth-order valence-electron chi connectivity index (χ4n) is 3.59. The summed E-state index contributed by atoms with van der Waals surface area (Å²) in [5.74, 6) is 0.0283. The number of hydrogen-bond donors (Lipinski definition) is 1. The van der Waals surface area contributed by atoms with Gasteiger partial charge >= 0.3 is 0 Å². The van der Waals surface area contributed by atoms with E-state index in [1.807, 2.05) is 54.9 Å². The molecule has 0 bridgehead atoms. The molecule has 0 aliphatic carbocycles. The number of nitrogens with one attached hydrogen (secondary N) is 1. The third-order valence-electron chi connectivity index (χ3n) is 4.84. The van der Waals surface area contributed by atoms with Crippen molar-refractivity contribution >= 4 is 28.4 Å². The van der Waals surface area contributed by atoms with Crippen LogP contribution in [0, 0.1) is 6.92 Å². The highest BCUT2D eigenvalue weighted by molar-refractivity contribution is 6.32. The minimum Gasteiger partial charge on any atom is -0.313 e. The molecule has 2 heterocycles. The molecule has 1 aliphatic rings. The zero-order chi connectivity index (χ0) is 16.3. The van der Waals surface area contributed by atoms with Crippen molar-refractivity contribution in [1.82, 2.24) is 9.88 Å². The number of aromatic nitrogens is 1. The molecule has 0 spiro atoms. The highest BCUT2D eigenvalue weighted by atomic mass is 35.5. The van der Waals surface area contributed by atoms with Gasteiger partial charge < -0.3 is 5.32 Å². The number of benzene rings is 2. The van der Waals surface area contributed by atoms with Crippen molar-refractivity contribution in [3.8, 4) is 11.3 Å². The Morgan fingerprint density at radius 1 is 1.13 bits per heavy atom. The van der Waals surface area contributed by atoms with Crippen molar-refractivity contribution < 1.29 is 4.79 Å². The van der Waals surface area contributed by atoms with Crippen molar-refractivity contribution in [2.24, 2.45) is 0 Å². The smallest absolute Gasteiger partial charge is 0.263 e. The fourth-order valence-corrected chi connectivity index (χ4v) is 3.74. The van der Waals surface area contributed by atoms with Gasteiger partial charge in [-0.3, -0.25) is 9.36 Å². The summed E-state index contributed by atoms with van der Waals surface area (Å²) in [6, 6.07) is 11.9. The molecule has 23 heavy (non-hydrogen) atoms. The van der Waals surface area contributed by atoms with Gasteiger partial charge in [-0.2, -0.15) is 0 Å². The van der Waals surface area contributed by atoms with Crippen LogP contribution in [0.4, 0.5) is 0 Å². The Balaban J connectivity index is 2.23. The summed E-state index contributed by atoms with van der Waals surface area (Å²) in [5, 5.41) is 5.09. The molecule has 4 heteroatoms. The van der Waals surface area contributed by atoms with E-state index < -0.39 is 0 Å². The highest BCUT2D eigenvalue weighted by Crippen LogP contribution is 2.45. The van der Waals surface area contributed by atoms with Gasteiger partial charge in [-0.25, -0.2) is 0 Å². The first-order valence-electron chi connectivity index (χ1n) is 7.71. The standard InChI is InChI=1S/C19H17ClN2O/c1-10-15(20)9-8-14-16(11(2)21-3)18-12-6-4-5-7-13(12)19(23)22(18)17(10)14/h4-9,11,21H,1-3H3. The van der Waals surface area contributed by atoms with Gasteiger partial charge in [0.15, 0.2) is 0 Å². The number of carbonyl (C=O) groups excluding carboxylic acids is 1. The van der Waals surface area contributed by atoms with Gasteiger partial charge in [0.25, 0.3) is 5.91 Å². The lowest BCUT2D eigenvalue weighted by Gasteiger charge is -2.12. The second-order valence-electron chi connectivity index (χ2n) is 6.03. The van der Waals surface area contributed by atoms with Gasteiger partial charge in [0.1, 0.15) is 0 Å². The Morgan fingerprint density at radius 3 is 2.52 bits per heavy atom. The van der Waals surface area contributed by atoms with Gasteiger partial charge in [0.2, 0.25) is 0 Å². The van der Waals surface area contributed by atoms with Gasteiger partial charge in [-0.1, -0.05) is 35.9 Å². The van der Waals surface area contributed by atoms with E-state index in [2.05, 4.69) is 12.2 Å². The quantitative estimate of drug-likeness (QED) is 0.587. The van der Waals surface area contributed by atoms with E-state index >= 15 is 0 Å². The van der Waals surface area contributed by atoms with Crippen LogP contribution in [0.25, 0.3) is 22.2 Å². The monoisotopic (exact) mass is 324 g/mol. The molecule has 0 saturated heterocycles. The summed E-state index contributed by atoms with van der Waals surface area (Å²) in [6.07, 6.45) is 0. The normalized spacial score (nSPS) is 14.2. The van der Waals surface area contributed by atoms with Crippen LogP contribution in [0.1, 0.15) is 34.5 Å². The predicted octanol–water partition coefficient (Wildman–Crippen LogP) is 4.55. The topological polar surface area (TPSA) is 34.0 Å². The number of halogens is 1. The predicted molar refractivity (Wildman–Crippen MR) is 94.3 cm³/mol. The maximum absolute atomic E-state index is 13.0. The molecule has 1 aliphatic heterocycles. The molecular formula is C19H17ClN2O. The Labute approximate surface area is 139 Å². The van der Waals surface area contributed by atoms with Crippen molar-refractivity contribution in [1.29, 1.82) is 0 Å². The van der Waals surface area contributed by atoms with Crippen LogP contribution in [0.15, 0.2) is 36.4 Å². The maximum Gasteiger partial charge on any atom is 0.263 e. The molecular weight excluding hydrogens is 308 g/mol. The van der Waals surface area contributed by atoms with Crippen molar-refractivity contribution in [3.63, 3.8) is 0 Å². The molecule has 0 radical (unpaired) electrons. The van der Waals surface area contributed by atoms with Gasteiger partial charge in [0, 0.05) is 33.1 Å². The van der Waals surface area contributed by atoms with Gasteiger partial charge in [-0.05, 0) is 38.6 Å². The van der Waals surface area contributed by atoms with E-state index in [9.17, 15) is 4.79 Å². The van der Waals surface area contributed by atoms with Gasteiger partial charge in [-0.15, -0.1) is 0 Å². The van der Waals surface area contributed by atoms with E-state index in [0.717, 1.165) is 38.9 Å². The lowest BCUT2D eigenvalue weighted by molar-refractivity contribution is 0.0973. The second-order valence-corrected chi connectivity index (χ2v) is 6.43. The number of hydrogen-bond acceptors (Lipinski definition) is 2. The minimum atomic E-state index is 0.0283. The fraction of sp³-hybridized carbons (Fsp3) is 0.211. The SMILES string of the molecule is CNC(C)c1c2n(c3c(C)c(Cl)ccc13)C(=O)c1ccccc1-2. The molecule has 2 aromatic carbocycles. The average molecular weight is 325 g/mol. The van der Waals surface area contributed by atoms with Crippen LogP contribution >= 0.6 is 11.6 Å². The Kier molecular flexibility index (Phi) is 3.12. The van der Waals surface area contributed by atoms with Crippen LogP contribution in [-0.2, 0) is 0 Å². The molecule has 0 saturated carbocycles. The third kappa shape index (κ3) is 1.78. The van der Waals surface area contributed by atoms with Crippen LogP contribution < -0.4 is 5.32 Å². The Morgan fingerprint density at radius 2 is 1.83 bits per heavy atom. The van der Waals surface area contributed by atoms with Crippen LogP contribution in [0.2, 0.25) is 5.02 Å². The van der Waals surface area contributed by atoms with Crippen molar-refractivity contribution in [3.05, 3.63) is 58.1 Å². The Bertz CT molecular complexity index is 971. The van der Waals surface area contributed by atoms with Crippen LogP contribution in [-0.4, -0.2) is 17.5 Å². The zero-order valence-corrected chi connectivity index (χ0v) is 14.0. The first-order chi connectivity index (χ1) is 11.1. The lowest BCUT2D eigenvalue weighted by atomic mass is 9.97. The lowest BCUT2D eigenvalue weighted by Crippen LogP contribution is -2.13. The summed E-state index contributed by atoms with van der Waals surface area (Å²) < 4.78 is 1.84. The van der Waals surface area contributed by atoms with E-state index in [1.165, 1.54) is 0 Å². The van der Waals surface area contributed by atoms with Crippen molar-refractivity contribution in [2.75, 3.05) is 7.05 Å². The van der Waals surface area contributed by atoms with E-state index in [-0.39, 0.29) is 11.9 Å². The molecule has 1 N–H and O–H groups in total. The molecule has 3 nitrogen and oxygen atoms in total. The zero-order valence-electron chi connectivity index (χ0n) is 13.3. The van der Waals surface area contributed by atoms with Gasteiger partial charge in [0.05, 0.1) is 11.2 Å². The molecule has 1 atom stereocenters. The molecule has 0 amide bonds. The first kappa shape index (κ1) is 14.5. The summed E-state index contributed by atoms with van der Waals surface area (Å²) in [5.41, 5.74) is 5.77. The molecule has 116 valence electrons. The first-order valence-corrected chi connectivity index (χ1v) is 8.08. The molecule has 1 unspecified atom stereocenters. The van der Waals surface area contributed by atoms with E-state index in [1.54, 1.807) is 0 Å². The molecule has 0 fully saturated rings. The highest BCUT2D eigenvalue weighted by Gasteiger charge is 2.34. The van der Waals surface area contributed by atoms with Crippen LogP contribution in [0.3, 0.4) is 0 Å². The Hall–Kier alpha value is -2.10. The van der Waals surface area contributed by atoms with E-state index in [4.69, 9.17) is 11.6 Å². The largest absolute Gasteiger partial charge is 0.313 e. The number of carbonyl (C=O) groups is 1. The molecule has 1 aromatic heterocycles. The van der Waals surface area contributed by atoms with E-state index in [0.29, 0.717) is 5.02 Å². The average Bonchev–Trinajstić information content (AvgIpc) is 3.05. The summed E-state index contributed by atoms with van der Waals surface area (Å²) in [7, 11) is 1.94. The summed E-state index contributed by atoms with van der Waals surface area (Å²) >= 11 is 6.33. The number of rotatable bonds is 2. The molecule has 4 rings (SSSR count). The number of aryl methyl sites for hydroxylation is 1. The third-order valence-corrected chi connectivity index (χ3v) is 5.25. The summed E-state index contributed by atoms with van der Waals surface area (Å²) in [6.45, 7) is 4.09. The van der Waals surface area contributed by atoms with Crippen molar-refractivity contribution in [2.45, 2.75) is 19.9 Å². The second kappa shape index (κ2) is 4.95. The summed E-state index contributed by atoms with van der Waals surface area (Å²) in [4.78, 5) is 13.0. The molecule has 3 aromatic rings. The maximum atomic E-state index is 13.0.